The maximum Gasteiger partial charge on any atom is 0.293 e. The van der Waals surface area contributed by atoms with Gasteiger partial charge in [-0.25, -0.2) is 8.42 Å². The van der Waals surface area contributed by atoms with Gasteiger partial charge in [0.2, 0.25) is 0 Å². The number of hydrogen-bond donors (Lipinski definition) is 2. The Morgan fingerprint density at radius 3 is 2.40 bits per heavy atom. The van der Waals surface area contributed by atoms with Crippen LogP contribution in [0.2, 0.25) is 0 Å². The van der Waals surface area contributed by atoms with Gasteiger partial charge in [-0.05, 0) is 18.1 Å². The van der Waals surface area contributed by atoms with Crippen LogP contribution in [-0.2, 0) is 9.84 Å². The van der Waals surface area contributed by atoms with Crippen molar-refractivity contribution in [3.8, 4) is 0 Å². The zero-order chi connectivity index (χ0) is 15.5. The van der Waals surface area contributed by atoms with Crippen LogP contribution in [-0.4, -0.2) is 32.2 Å². The fourth-order valence-electron chi connectivity index (χ4n) is 1.71. The van der Waals surface area contributed by atoms with Gasteiger partial charge in [0, 0.05) is 24.9 Å². The highest BCUT2D eigenvalue weighted by Gasteiger charge is 2.21. The lowest BCUT2D eigenvalue weighted by atomic mass is 10.0. The molecule has 112 valence electrons. The van der Waals surface area contributed by atoms with Gasteiger partial charge in [-0.3, -0.25) is 10.1 Å². The predicted octanol–water partition coefficient (Wildman–Crippen LogP) is 1.39. The first-order valence-corrected chi connectivity index (χ1v) is 8.01. The summed E-state index contributed by atoms with van der Waals surface area (Å²) in [5, 5.41) is 14.1. The fourth-order valence-corrected chi connectivity index (χ4v) is 2.35. The van der Waals surface area contributed by atoms with Crippen LogP contribution in [0.1, 0.15) is 13.8 Å². The molecule has 0 bridgehead atoms. The highest BCUT2D eigenvalue weighted by Crippen LogP contribution is 2.28. The highest BCUT2D eigenvalue weighted by molar-refractivity contribution is 7.90. The van der Waals surface area contributed by atoms with Crippen molar-refractivity contribution in [2.45, 2.75) is 24.8 Å². The van der Waals surface area contributed by atoms with E-state index in [2.05, 4.69) is 5.32 Å². The number of nitro benzene ring substituents is 1. The summed E-state index contributed by atoms with van der Waals surface area (Å²) in [6, 6.07) is 3.68. The van der Waals surface area contributed by atoms with E-state index < -0.39 is 14.8 Å². The molecule has 1 atom stereocenters. The standard InChI is InChI=1S/C12H19N3O4S/c1-8(2)11(7-13)14-10-5-4-9(20(3,18)19)6-12(10)15(16)17/h4-6,8,11,14H,7,13H2,1-3H3. The molecule has 7 nitrogen and oxygen atoms in total. The highest BCUT2D eigenvalue weighted by atomic mass is 32.2. The van der Waals surface area contributed by atoms with Crippen LogP contribution in [0.3, 0.4) is 0 Å². The Morgan fingerprint density at radius 1 is 1.40 bits per heavy atom. The van der Waals surface area contributed by atoms with E-state index in [4.69, 9.17) is 5.73 Å². The summed E-state index contributed by atoms with van der Waals surface area (Å²) < 4.78 is 22.9. The fraction of sp³-hybridized carbons (Fsp3) is 0.500. The molecule has 0 radical (unpaired) electrons. The number of sulfone groups is 1. The second-order valence-corrected chi connectivity index (χ2v) is 6.95. The maximum atomic E-state index is 11.4. The van der Waals surface area contributed by atoms with Gasteiger partial charge in [0.25, 0.3) is 5.69 Å². The van der Waals surface area contributed by atoms with E-state index >= 15 is 0 Å². The lowest BCUT2D eigenvalue weighted by Crippen LogP contribution is -2.33. The molecule has 0 saturated carbocycles. The van der Waals surface area contributed by atoms with Crippen molar-refractivity contribution in [1.29, 1.82) is 0 Å². The van der Waals surface area contributed by atoms with E-state index in [9.17, 15) is 18.5 Å². The zero-order valence-electron chi connectivity index (χ0n) is 11.7. The minimum absolute atomic E-state index is 0.0800. The third-order valence-electron chi connectivity index (χ3n) is 2.99. The van der Waals surface area contributed by atoms with E-state index in [0.717, 1.165) is 12.3 Å². The van der Waals surface area contributed by atoms with Crippen molar-refractivity contribution in [3.05, 3.63) is 28.3 Å². The van der Waals surface area contributed by atoms with E-state index in [-0.39, 0.29) is 28.2 Å². The van der Waals surface area contributed by atoms with E-state index in [1.54, 1.807) is 0 Å². The molecular formula is C12H19N3O4S. The monoisotopic (exact) mass is 301 g/mol. The van der Waals surface area contributed by atoms with Crippen molar-refractivity contribution in [2.24, 2.45) is 11.7 Å². The molecule has 20 heavy (non-hydrogen) atoms. The number of rotatable bonds is 6. The largest absolute Gasteiger partial charge is 0.375 e. The quantitative estimate of drug-likeness (QED) is 0.606. The number of nitrogens with two attached hydrogens (primary N) is 1. The number of nitrogens with one attached hydrogen (secondary N) is 1. The molecule has 0 heterocycles. The third kappa shape index (κ3) is 3.91. The Kier molecular flexibility index (Phi) is 5.07. The smallest absolute Gasteiger partial charge is 0.293 e. The zero-order valence-corrected chi connectivity index (χ0v) is 12.5. The third-order valence-corrected chi connectivity index (χ3v) is 4.10. The van der Waals surface area contributed by atoms with Gasteiger partial charge < -0.3 is 11.1 Å². The first-order valence-electron chi connectivity index (χ1n) is 6.12. The minimum Gasteiger partial charge on any atom is -0.375 e. The minimum atomic E-state index is -3.48. The van der Waals surface area contributed by atoms with Gasteiger partial charge in [-0.1, -0.05) is 13.8 Å². The number of hydrogen-bond acceptors (Lipinski definition) is 6. The predicted molar refractivity (Wildman–Crippen MR) is 77.5 cm³/mol. The molecule has 0 aliphatic heterocycles. The second-order valence-electron chi connectivity index (χ2n) is 4.94. The average Bonchev–Trinajstić information content (AvgIpc) is 2.34. The molecule has 3 N–H and O–H groups in total. The number of benzene rings is 1. The second kappa shape index (κ2) is 6.19. The first-order chi connectivity index (χ1) is 9.16. The van der Waals surface area contributed by atoms with Crippen LogP contribution in [0.5, 0.6) is 0 Å². The molecule has 1 aromatic carbocycles. The van der Waals surface area contributed by atoms with Crippen LogP contribution in [0.25, 0.3) is 0 Å². The average molecular weight is 301 g/mol. The maximum absolute atomic E-state index is 11.4. The van der Waals surface area contributed by atoms with Crippen LogP contribution >= 0.6 is 0 Å². The molecule has 1 rings (SSSR count). The summed E-state index contributed by atoms with van der Waals surface area (Å²) in [5.74, 6) is 0.189. The lowest BCUT2D eigenvalue weighted by Gasteiger charge is -2.21. The van der Waals surface area contributed by atoms with Crippen molar-refractivity contribution < 1.29 is 13.3 Å². The Balaban J connectivity index is 3.24. The molecule has 0 spiro atoms. The normalized spacial score (nSPS) is 13.2. The van der Waals surface area contributed by atoms with Crippen LogP contribution in [0, 0.1) is 16.0 Å². The van der Waals surface area contributed by atoms with Crippen LogP contribution in [0.15, 0.2) is 23.1 Å². The molecule has 0 saturated heterocycles. The summed E-state index contributed by atoms with van der Waals surface area (Å²) in [5.41, 5.74) is 5.62. The molecule has 0 fully saturated rings. The summed E-state index contributed by atoms with van der Waals surface area (Å²) >= 11 is 0. The SMILES string of the molecule is CC(C)C(CN)Nc1ccc(S(C)(=O)=O)cc1[N+](=O)[O-]. The molecule has 0 aliphatic rings. The van der Waals surface area contributed by atoms with Crippen LogP contribution < -0.4 is 11.1 Å². The number of nitrogens with zero attached hydrogens (tertiary/aromatic N) is 1. The molecule has 1 aromatic rings. The topological polar surface area (TPSA) is 115 Å². The lowest BCUT2D eigenvalue weighted by molar-refractivity contribution is -0.384. The summed E-state index contributed by atoms with van der Waals surface area (Å²) in [6.07, 6.45) is 1.01. The van der Waals surface area contributed by atoms with Gasteiger partial charge in [0.1, 0.15) is 5.69 Å². The van der Waals surface area contributed by atoms with Gasteiger partial charge in [-0.2, -0.15) is 0 Å². The summed E-state index contributed by atoms with van der Waals surface area (Å²) in [7, 11) is -3.48. The number of nitro groups is 1. The summed E-state index contributed by atoms with van der Waals surface area (Å²) in [4.78, 5) is 10.4. The molecule has 0 aliphatic carbocycles. The Morgan fingerprint density at radius 2 is 2.00 bits per heavy atom. The molecular weight excluding hydrogens is 282 g/mol. The molecule has 1 unspecified atom stereocenters. The molecule has 8 heteroatoms. The molecule has 0 aromatic heterocycles. The number of anilines is 1. The molecule has 0 amide bonds. The summed E-state index contributed by atoms with van der Waals surface area (Å²) in [6.45, 7) is 4.21. The van der Waals surface area contributed by atoms with Crippen molar-refractivity contribution in [2.75, 3.05) is 18.1 Å². The van der Waals surface area contributed by atoms with E-state index in [1.807, 2.05) is 13.8 Å². The van der Waals surface area contributed by atoms with Crippen molar-refractivity contribution in [3.63, 3.8) is 0 Å². The van der Waals surface area contributed by atoms with Crippen molar-refractivity contribution in [1.82, 2.24) is 0 Å². The van der Waals surface area contributed by atoms with Gasteiger partial charge >= 0.3 is 0 Å². The van der Waals surface area contributed by atoms with E-state index in [1.165, 1.54) is 12.1 Å². The van der Waals surface area contributed by atoms with Crippen LogP contribution in [0.4, 0.5) is 11.4 Å². The van der Waals surface area contributed by atoms with E-state index in [0.29, 0.717) is 6.54 Å². The van der Waals surface area contributed by atoms with Gasteiger partial charge in [-0.15, -0.1) is 0 Å². The van der Waals surface area contributed by atoms with Gasteiger partial charge in [0.05, 0.1) is 9.82 Å². The first kappa shape index (κ1) is 16.4. The Labute approximate surface area is 118 Å². The Hall–Kier alpha value is -1.67. The van der Waals surface area contributed by atoms with Crippen molar-refractivity contribution >= 4 is 21.2 Å². The Bertz CT molecular complexity index is 599. The van der Waals surface area contributed by atoms with Gasteiger partial charge in [0.15, 0.2) is 9.84 Å².